The Balaban J connectivity index is 0.000000429. The average molecular weight is 492 g/mol. The van der Waals surface area contributed by atoms with Gasteiger partial charge >= 0.3 is 17.4 Å². The molecule has 0 fully saturated rings. The molecule has 3 aromatic rings. The van der Waals surface area contributed by atoms with Gasteiger partial charge in [-0.15, -0.1) is 0 Å². The molecule has 3 atom stereocenters. The van der Waals surface area contributed by atoms with Gasteiger partial charge in [-0.25, -0.2) is 0 Å². The molecule has 162 valence electrons. The standard InChI is InChI=1S/3C7H9O2P.Al/c3*1-10(8,9)7-5-3-2-4-6-7;/h3*2-6H,1H3,(H,8,9);/q;;;+3/p-3. The van der Waals surface area contributed by atoms with Crippen molar-refractivity contribution in [1.82, 2.24) is 0 Å². The molecule has 0 aliphatic carbocycles. The van der Waals surface area contributed by atoms with Crippen molar-refractivity contribution in [3.63, 3.8) is 0 Å². The zero-order valence-electron chi connectivity index (χ0n) is 17.5. The summed E-state index contributed by atoms with van der Waals surface area (Å²) in [6, 6.07) is 25.2. The summed E-state index contributed by atoms with van der Waals surface area (Å²) in [5.41, 5.74) is 0. The molecule has 0 aliphatic heterocycles. The number of rotatable bonds is 3. The van der Waals surface area contributed by atoms with Gasteiger partial charge in [0.1, 0.15) is 0 Å². The number of hydrogen-bond donors (Lipinski definition) is 0. The Morgan fingerprint density at radius 3 is 0.710 bits per heavy atom. The molecule has 0 saturated carbocycles. The minimum absolute atomic E-state index is 0. The van der Waals surface area contributed by atoms with Crippen molar-refractivity contribution in [2.45, 2.75) is 0 Å². The fraction of sp³-hybridized carbons (Fsp3) is 0.143. The van der Waals surface area contributed by atoms with Gasteiger partial charge in [-0.05, 0) is 35.9 Å². The van der Waals surface area contributed by atoms with Crippen molar-refractivity contribution in [3.8, 4) is 0 Å². The van der Waals surface area contributed by atoms with Crippen molar-refractivity contribution in [3.05, 3.63) is 91.0 Å². The molecule has 0 saturated heterocycles. The van der Waals surface area contributed by atoms with Crippen LogP contribution < -0.4 is 30.6 Å². The van der Waals surface area contributed by atoms with E-state index in [0.29, 0.717) is 15.9 Å². The molecule has 3 unspecified atom stereocenters. The summed E-state index contributed by atoms with van der Waals surface area (Å²) in [5.74, 6) is 0. The van der Waals surface area contributed by atoms with Crippen molar-refractivity contribution in [2.75, 3.05) is 20.0 Å². The Bertz CT molecular complexity index is 892. The van der Waals surface area contributed by atoms with Crippen LogP contribution in [-0.2, 0) is 13.7 Å². The summed E-state index contributed by atoms with van der Waals surface area (Å²) >= 11 is 0. The molecule has 0 heterocycles. The van der Waals surface area contributed by atoms with E-state index in [1.807, 2.05) is 0 Å². The molecule has 3 rings (SSSR count). The Morgan fingerprint density at radius 1 is 0.452 bits per heavy atom. The van der Waals surface area contributed by atoms with Crippen LogP contribution in [0.25, 0.3) is 0 Å². The molecule has 10 heteroatoms. The van der Waals surface area contributed by atoms with Gasteiger partial charge in [0.2, 0.25) is 0 Å². The van der Waals surface area contributed by atoms with Crippen LogP contribution in [0.2, 0.25) is 0 Å². The second-order valence-corrected chi connectivity index (χ2v) is 13.2. The summed E-state index contributed by atoms with van der Waals surface area (Å²) < 4.78 is 32.6. The van der Waals surface area contributed by atoms with Crippen LogP contribution in [0, 0.1) is 0 Å². The van der Waals surface area contributed by atoms with Gasteiger partial charge in [0.25, 0.3) is 0 Å². The fourth-order valence-corrected chi connectivity index (χ4v) is 4.24. The average Bonchev–Trinajstić information content (AvgIpc) is 2.69. The summed E-state index contributed by atoms with van der Waals surface area (Å²) in [7, 11) is -9.80. The van der Waals surface area contributed by atoms with Crippen LogP contribution in [0.4, 0.5) is 0 Å². The van der Waals surface area contributed by atoms with Gasteiger partial charge in [0.05, 0.1) is 0 Å². The molecular weight excluding hydrogens is 468 g/mol. The second-order valence-electron chi connectivity index (χ2n) is 6.54. The summed E-state index contributed by atoms with van der Waals surface area (Å²) in [6.07, 6.45) is 0. The smallest absolute Gasteiger partial charge is 0.796 e. The van der Waals surface area contributed by atoms with Gasteiger partial charge in [-0.1, -0.05) is 91.0 Å². The third-order valence-corrected chi connectivity index (χ3v) is 7.38. The van der Waals surface area contributed by atoms with Crippen LogP contribution in [0.5, 0.6) is 0 Å². The second kappa shape index (κ2) is 13.3. The summed E-state index contributed by atoms with van der Waals surface area (Å²) in [4.78, 5) is 32.6. The van der Waals surface area contributed by atoms with Crippen LogP contribution >= 0.6 is 22.1 Å². The first-order valence-electron chi connectivity index (χ1n) is 8.84. The topological polar surface area (TPSA) is 120 Å². The van der Waals surface area contributed by atoms with E-state index in [2.05, 4.69) is 0 Å². The Hall–Kier alpha value is -1.24. The first kappa shape index (κ1) is 29.8. The van der Waals surface area contributed by atoms with Gasteiger partial charge in [0, 0.05) is 22.1 Å². The predicted molar refractivity (Wildman–Crippen MR) is 125 cm³/mol. The van der Waals surface area contributed by atoms with Crippen LogP contribution in [0.1, 0.15) is 0 Å². The minimum Gasteiger partial charge on any atom is -0.796 e. The van der Waals surface area contributed by atoms with E-state index in [-0.39, 0.29) is 17.4 Å². The fourth-order valence-electron chi connectivity index (χ4n) is 2.10. The Morgan fingerprint density at radius 2 is 0.613 bits per heavy atom. The largest absolute Gasteiger partial charge is 3.00 e. The normalized spacial score (nSPS) is 15.7. The molecule has 0 bridgehead atoms. The number of benzene rings is 3. The van der Waals surface area contributed by atoms with E-state index in [4.69, 9.17) is 0 Å². The van der Waals surface area contributed by atoms with Gasteiger partial charge in [-0.2, -0.15) is 0 Å². The van der Waals surface area contributed by atoms with Crippen molar-refractivity contribution < 1.29 is 28.4 Å². The Kier molecular flexibility index (Phi) is 12.8. The van der Waals surface area contributed by atoms with E-state index in [1.165, 1.54) is 20.0 Å². The molecular formula is C21H24AlO6P3. The van der Waals surface area contributed by atoms with Crippen molar-refractivity contribution in [2.24, 2.45) is 0 Å². The molecule has 31 heavy (non-hydrogen) atoms. The Labute approximate surface area is 194 Å². The molecule has 3 aromatic carbocycles. The molecule has 0 aliphatic rings. The summed E-state index contributed by atoms with van der Waals surface area (Å²) in [5, 5.41) is 1.19. The monoisotopic (exact) mass is 492 g/mol. The maximum atomic E-state index is 10.9. The van der Waals surface area contributed by atoms with E-state index < -0.39 is 22.1 Å². The molecule has 0 radical (unpaired) electrons. The molecule has 0 aromatic heterocycles. The SMILES string of the molecule is CP(=O)([O-])c1ccccc1.CP(=O)([O-])c1ccccc1.CP(=O)([O-])c1ccccc1.[Al+3]. The molecule has 0 spiro atoms. The first-order valence-corrected chi connectivity index (χ1v) is 15.1. The van der Waals surface area contributed by atoms with E-state index in [1.54, 1.807) is 91.0 Å². The molecule has 0 N–H and O–H groups in total. The van der Waals surface area contributed by atoms with Crippen LogP contribution in [0.3, 0.4) is 0 Å². The third-order valence-electron chi connectivity index (χ3n) is 3.68. The van der Waals surface area contributed by atoms with E-state index in [9.17, 15) is 28.4 Å². The van der Waals surface area contributed by atoms with Crippen molar-refractivity contribution in [1.29, 1.82) is 0 Å². The zero-order valence-corrected chi connectivity index (χ0v) is 21.4. The third kappa shape index (κ3) is 12.4. The minimum atomic E-state index is -3.27. The quantitative estimate of drug-likeness (QED) is 0.402. The zero-order chi connectivity index (χ0) is 22.8. The van der Waals surface area contributed by atoms with Crippen LogP contribution in [-0.4, -0.2) is 37.4 Å². The molecule has 6 nitrogen and oxygen atoms in total. The number of hydrogen-bond acceptors (Lipinski definition) is 6. The van der Waals surface area contributed by atoms with E-state index >= 15 is 0 Å². The maximum absolute atomic E-state index is 10.9. The van der Waals surface area contributed by atoms with E-state index in [0.717, 1.165) is 0 Å². The summed E-state index contributed by atoms with van der Waals surface area (Å²) in [6.45, 7) is 3.67. The van der Waals surface area contributed by atoms with Crippen molar-refractivity contribution >= 4 is 55.4 Å². The predicted octanol–water partition coefficient (Wildman–Crippen LogP) is 1.36. The van der Waals surface area contributed by atoms with Gasteiger partial charge in [-0.3, -0.25) is 0 Å². The first-order chi connectivity index (χ1) is 13.8. The molecule has 0 amide bonds. The van der Waals surface area contributed by atoms with Gasteiger partial charge < -0.3 is 28.4 Å². The maximum Gasteiger partial charge on any atom is 3.00 e. The van der Waals surface area contributed by atoms with Gasteiger partial charge in [0.15, 0.2) is 0 Å². The van der Waals surface area contributed by atoms with Crippen LogP contribution in [0.15, 0.2) is 91.0 Å².